The van der Waals surface area contributed by atoms with Crippen LogP contribution in [0, 0.1) is 10.8 Å². The number of nitrogens with two attached hydrogens (primary N) is 1. The van der Waals surface area contributed by atoms with Crippen LogP contribution in [0.2, 0.25) is 0 Å². The number of rotatable bonds is 15. The van der Waals surface area contributed by atoms with E-state index in [1.807, 2.05) is 13.8 Å². The molecule has 12 nitrogen and oxygen atoms in total. The normalized spacial score (nSPS) is 17.5. The summed E-state index contributed by atoms with van der Waals surface area (Å²) in [6.07, 6.45) is 5.51. The minimum atomic E-state index is -3.58. The lowest BCUT2D eigenvalue weighted by molar-refractivity contribution is -0.149. The fourth-order valence-electron chi connectivity index (χ4n) is 6.05. The third-order valence-corrected chi connectivity index (χ3v) is 11.6. The summed E-state index contributed by atoms with van der Waals surface area (Å²) in [5.74, 6) is -3.34. The van der Waals surface area contributed by atoms with E-state index in [4.69, 9.17) is 5.73 Å². The second-order valence-electron chi connectivity index (χ2n) is 16.3. The SMILES string of the molecule is CCCCC(NC(=O)C(N(CCC)C(=O)[C@@H](NC(=O)NC1(CS(=O)(=O)C(C)(C)C)CCCCC1)C(C)(C)C)C(C)(C)C)C(=O)C(N)=O. The van der Waals surface area contributed by atoms with Gasteiger partial charge in [0.2, 0.25) is 17.6 Å². The minimum Gasteiger partial charge on any atom is -0.363 e. The Morgan fingerprint density at radius 2 is 1.38 bits per heavy atom. The van der Waals surface area contributed by atoms with Gasteiger partial charge in [-0.1, -0.05) is 87.5 Å². The van der Waals surface area contributed by atoms with E-state index in [1.165, 1.54) is 4.90 Å². The van der Waals surface area contributed by atoms with E-state index in [-0.39, 0.29) is 18.7 Å². The Morgan fingerprint density at radius 3 is 1.81 bits per heavy atom. The lowest BCUT2D eigenvalue weighted by Gasteiger charge is -2.44. The number of ketones is 1. The van der Waals surface area contributed by atoms with Crippen molar-refractivity contribution < 1.29 is 32.4 Å². The Bertz CT molecular complexity index is 1220. The number of Topliss-reactive ketones (excluding diaryl/α,β-unsaturated/α-hetero) is 1. The van der Waals surface area contributed by atoms with E-state index >= 15 is 0 Å². The first kappa shape index (κ1) is 42.3. The first-order chi connectivity index (χ1) is 21.3. The minimum absolute atomic E-state index is 0.182. The number of primary amides is 1. The van der Waals surface area contributed by atoms with Crippen molar-refractivity contribution in [2.45, 2.75) is 162 Å². The number of hydrogen-bond donors (Lipinski definition) is 4. The van der Waals surface area contributed by atoms with Gasteiger partial charge in [-0.05, 0) is 57.3 Å². The summed E-state index contributed by atoms with van der Waals surface area (Å²) in [6, 6.07) is -3.92. The quantitative estimate of drug-likeness (QED) is 0.188. The van der Waals surface area contributed by atoms with Crippen molar-refractivity contribution in [3.05, 3.63) is 0 Å². The molecule has 47 heavy (non-hydrogen) atoms. The first-order valence-corrected chi connectivity index (χ1v) is 18.7. The van der Waals surface area contributed by atoms with Crippen LogP contribution >= 0.6 is 0 Å². The summed E-state index contributed by atoms with van der Waals surface area (Å²) in [6.45, 7) is 19.7. The highest BCUT2D eigenvalue weighted by atomic mass is 32.2. The lowest BCUT2D eigenvalue weighted by atomic mass is 9.81. The van der Waals surface area contributed by atoms with E-state index in [2.05, 4.69) is 16.0 Å². The summed E-state index contributed by atoms with van der Waals surface area (Å²) in [7, 11) is -3.58. The average molecular weight is 686 g/mol. The number of carbonyl (C=O) groups is 5. The van der Waals surface area contributed by atoms with Gasteiger partial charge in [-0.25, -0.2) is 13.2 Å². The number of carbonyl (C=O) groups excluding carboxylic acids is 5. The molecule has 0 aromatic carbocycles. The van der Waals surface area contributed by atoms with E-state index in [0.29, 0.717) is 25.7 Å². The molecule has 5 amide bonds. The maximum absolute atomic E-state index is 14.5. The molecule has 0 radical (unpaired) electrons. The summed E-state index contributed by atoms with van der Waals surface area (Å²) in [5, 5.41) is 8.54. The molecule has 0 aromatic heterocycles. The van der Waals surface area contributed by atoms with Gasteiger partial charge in [0, 0.05) is 6.54 Å². The van der Waals surface area contributed by atoms with Gasteiger partial charge in [-0.15, -0.1) is 0 Å². The summed E-state index contributed by atoms with van der Waals surface area (Å²) >= 11 is 0. The first-order valence-electron chi connectivity index (χ1n) is 17.1. The molecule has 0 heterocycles. The van der Waals surface area contributed by atoms with Crippen molar-refractivity contribution in [3.8, 4) is 0 Å². The monoisotopic (exact) mass is 685 g/mol. The zero-order chi connectivity index (χ0) is 36.6. The van der Waals surface area contributed by atoms with Crippen LogP contribution in [0.3, 0.4) is 0 Å². The highest BCUT2D eigenvalue weighted by Gasteiger charge is 2.46. The number of unbranched alkanes of at least 4 members (excludes halogenated alkanes) is 1. The highest BCUT2D eigenvalue weighted by Crippen LogP contribution is 2.33. The predicted molar refractivity (Wildman–Crippen MR) is 185 cm³/mol. The molecular weight excluding hydrogens is 622 g/mol. The number of nitrogens with zero attached hydrogens (tertiary/aromatic N) is 1. The molecule has 272 valence electrons. The molecule has 0 bridgehead atoms. The molecule has 1 aliphatic rings. The molecule has 0 aliphatic heterocycles. The maximum Gasteiger partial charge on any atom is 0.315 e. The van der Waals surface area contributed by atoms with Crippen LogP contribution < -0.4 is 21.7 Å². The van der Waals surface area contributed by atoms with Gasteiger partial charge < -0.3 is 26.6 Å². The second kappa shape index (κ2) is 16.6. The average Bonchev–Trinajstić information content (AvgIpc) is 2.91. The molecule has 13 heteroatoms. The Hall–Kier alpha value is -2.70. The van der Waals surface area contributed by atoms with Gasteiger partial charge in [-0.3, -0.25) is 19.2 Å². The molecule has 0 aromatic rings. The largest absolute Gasteiger partial charge is 0.363 e. The standard InChI is InChI=1S/C34H63N5O7S/c1-12-14-18-23(24(40)27(35)41)36-28(42)26(32(6,7)8)39(21-13-2)29(43)25(31(3,4)5)37-30(44)38-34(19-16-15-17-20-34)22-47(45,46)33(9,10)11/h23,25-26H,12-22H2,1-11H3,(H2,35,41)(H,36,42)(H2,37,38,44)/t23?,25-,26?/m1/s1. The van der Waals surface area contributed by atoms with Crippen LogP contribution in [0.4, 0.5) is 4.79 Å². The van der Waals surface area contributed by atoms with E-state index in [0.717, 1.165) is 25.7 Å². The number of sulfone groups is 1. The van der Waals surface area contributed by atoms with Crippen LogP contribution in [0.25, 0.3) is 0 Å². The fourth-order valence-corrected chi connectivity index (χ4v) is 7.57. The smallest absolute Gasteiger partial charge is 0.315 e. The number of nitrogens with one attached hydrogen (secondary N) is 3. The molecule has 5 N–H and O–H groups in total. The molecule has 0 saturated heterocycles. The van der Waals surface area contributed by atoms with E-state index < -0.39 is 78.6 Å². The third-order valence-electron chi connectivity index (χ3n) is 8.83. The van der Waals surface area contributed by atoms with E-state index in [9.17, 15) is 32.4 Å². The molecule has 1 aliphatic carbocycles. The van der Waals surface area contributed by atoms with Gasteiger partial charge in [-0.2, -0.15) is 0 Å². The molecule has 1 saturated carbocycles. The Kier molecular flexibility index (Phi) is 15.0. The summed E-state index contributed by atoms with van der Waals surface area (Å²) in [4.78, 5) is 68.0. The summed E-state index contributed by atoms with van der Waals surface area (Å²) < 4.78 is 25.6. The van der Waals surface area contributed by atoms with E-state index in [1.54, 1.807) is 62.3 Å². The molecule has 1 fully saturated rings. The zero-order valence-corrected chi connectivity index (χ0v) is 31.6. The van der Waals surface area contributed by atoms with Crippen LogP contribution in [0.1, 0.15) is 134 Å². The molecule has 1 rings (SSSR count). The number of amides is 5. The van der Waals surface area contributed by atoms with Gasteiger partial charge in [0.05, 0.1) is 22.1 Å². The van der Waals surface area contributed by atoms with Crippen LogP contribution in [0.15, 0.2) is 0 Å². The van der Waals surface area contributed by atoms with Gasteiger partial charge >= 0.3 is 6.03 Å². The van der Waals surface area contributed by atoms with Crippen molar-refractivity contribution in [1.29, 1.82) is 0 Å². The number of urea groups is 1. The second-order valence-corrected chi connectivity index (χ2v) is 19.1. The third kappa shape index (κ3) is 12.0. The van der Waals surface area contributed by atoms with Gasteiger partial charge in [0.25, 0.3) is 5.91 Å². The maximum atomic E-state index is 14.5. The highest BCUT2D eigenvalue weighted by molar-refractivity contribution is 7.92. The molecule has 3 atom stereocenters. The van der Waals surface area contributed by atoms with Crippen LogP contribution in [-0.4, -0.2) is 83.6 Å². The van der Waals surface area contributed by atoms with Crippen molar-refractivity contribution in [2.24, 2.45) is 16.6 Å². The zero-order valence-electron chi connectivity index (χ0n) is 30.8. The van der Waals surface area contributed by atoms with Gasteiger partial charge in [0.1, 0.15) is 12.1 Å². The fraction of sp³-hybridized carbons (Fsp3) is 0.853. The number of hydrogen-bond acceptors (Lipinski definition) is 7. The van der Waals surface area contributed by atoms with Crippen molar-refractivity contribution >= 4 is 39.4 Å². The van der Waals surface area contributed by atoms with Crippen LogP contribution in [-0.2, 0) is 29.0 Å². The van der Waals surface area contributed by atoms with Crippen molar-refractivity contribution in [3.63, 3.8) is 0 Å². The van der Waals surface area contributed by atoms with Gasteiger partial charge in [0.15, 0.2) is 9.84 Å². The van der Waals surface area contributed by atoms with Crippen LogP contribution in [0.5, 0.6) is 0 Å². The lowest BCUT2D eigenvalue weighted by Crippen LogP contribution is -2.65. The molecule has 0 spiro atoms. The molecule has 2 unspecified atom stereocenters. The van der Waals surface area contributed by atoms with Crippen molar-refractivity contribution in [1.82, 2.24) is 20.9 Å². The Balaban J connectivity index is 3.50. The Morgan fingerprint density at radius 1 is 0.830 bits per heavy atom. The topological polar surface area (TPSA) is 185 Å². The predicted octanol–water partition coefficient (Wildman–Crippen LogP) is 4.00. The van der Waals surface area contributed by atoms with Crippen molar-refractivity contribution in [2.75, 3.05) is 12.3 Å². The molecular formula is C34H63N5O7S. The Labute approximate surface area is 283 Å². The summed E-state index contributed by atoms with van der Waals surface area (Å²) in [5.41, 5.74) is 2.70.